The zero-order valence-electron chi connectivity index (χ0n) is 13.3. The molecule has 0 aliphatic rings. The summed E-state index contributed by atoms with van der Waals surface area (Å²) in [4.78, 5) is 4.08. The van der Waals surface area contributed by atoms with Crippen LogP contribution in [0.25, 0.3) is 0 Å². The fraction of sp³-hybridized carbons (Fsp3) is 0. The lowest BCUT2D eigenvalue weighted by Crippen LogP contribution is -2.14. The molecule has 0 atom stereocenters. The van der Waals surface area contributed by atoms with Gasteiger partial charge in [0.1, 0.15) is 10.7 Å². The number of hydrogen-bond acceptors (Lipinski definition) is 5. The number of sulfonamides is 1. The Morgan fingerprint density at radius 1 is 1.00 bits per heavy atom. The third-order valence-corrected chi connectivity index (χ3v) is 5.26. The van der Waals surface area contributed by atoms with E-state index in [9.17, 15) is 8.42 Å². The maximum atomic E-state index is 12.4. The highest BCUT2D eigenvalue weighted by atomic mass is 35.5. The van der Waals surface area contributed by atoms with E-state index >= 15 is 0 Å². The van der Waals surface area contributed by atoms with E-state index in [1.54, 1.807) is 36.4 Å². The number of nitrogens with one attached hydrogen (secondary N) is 2. The molecule has 0 fully saturated rings. The van der Waals surface area contributed by atoms with E-state index in [1.165, 1.54) is 24.4 Å². The van der Waals surface area contributed by atoms with Crippen molar-refractivity contribution in [1.29, 1.82) is 5.26 Å². The second kappa shape index (κ2) is 7.44. The first kappa shape index (κ1) is 17.7. The fourth-order valence-electron chi connectivity index (χ4n) is 2.22. The van der Waals surface area contributed by atoms with Crippen LogP contribution in [0.5, 0.6) is 0 Å². The smallest absolute Gasteiger partial charge is 0.264 e. The third kappa shape index (κ3) is 4.11. The molecule has 2 aromatic carbocycles. The number of halogens is 1. The number of pyridine rings is 1. The zero-order chi connectivity index (χ0) is 18.6. The first-order valence-corrected chi connectivity index (χ1v) is 9.35. The van der Waals surface area contributed by atoms with Gasteiger partial charge in [-0.3, -0.25) is 4.72 Å². The maximum Gasteiger partial charge on any atom is 0.264 e. The molecule has 0 bridgehead atoms. The van der Waals surface area contributed by atoms with Crippen LogP contribution >= 0.6 is 11.6 Å². The molecular weight excluding hydrogens is 372 g/mol. The summed E-state index contributed by atoms with van der Waals surface area (Å²) in [6.07, 6.45) is 1.49. The Labute approximate surface area is 156 Å². The molecule has 3 aromatic rings. The van der Waals surface area contributed by atoms with Gasteiger partial charge in [-0.1, -0.05) is 29.8 Å². The summed E-state index contributed by atoms with van der Waals surface area (Å²) < 4.78 is 27.2. The van der Waals surface area contributed by atoms with Gasteiger partial charge in [0, 0.05) is 5.69 Å². The molecule has 8 heteroatoms. The van der Waals surface area contributed by atoms with Crippen molar-refractivity contribution in [3.05, 3.63) is 77.4 Å². The van der Waals surface area contributed by atoms with Crippen molar-refractivity contribution in [2.45, 2.75) is 4.90 Å². The number of hydrogen-bond donors (Lipinski definition) is 2. The Hall–Kier alpha value is -3.08. The summed E-state index contributed by atoms with van der Waals surface area (Å²) in [5, 5.41) is 12.2. The van der Waals surface area contributed by atoms with Crippen molar-refractivity contribution in [3.8, 4) is 6.07 Å². The molecule has 0 spiro atoms. The van der Waals surface area contributed by atoms with Gasteiger partial charge in [0.05, 0.1) is 28.5 Å². The number of aromatic nitrogens is 1. The van der Waals surface area contributed by atoms with Crippen LogP contribution in [0.15, 0.2) is 71.8 Å². The van der Waals surface area contributed by atoms with E-state index in [0.717, 1.165) is 5.69 Å². The Bertz CT molecular complexity index is 1080. The molecule has 2 N–H and O–H groups in total. The van der Waals surface area contributed by atoms with Crippen LogP contribution in [0.3, 0.4) is 0 Å². The van der Waals surface area contributed by atoms with Crippen molar-refractivity contribution in [2.24, 2.45) is 0 Å². The van der Waals surface area contributed by atoms with E-state index in [4.69, 9.17) is 16.9 Å². The van der Waals surface area contributed by atoms with Gasteiger partial charge in [0.25, 0.3) is 10.0 Å². The topological polar surface area (TPSA) is 94.9 Å². The van der Waals surface area contributed by atoms with Crippen molar-refractivity contribution in [3.63, 3.8) is 0 Å². The lowest BCUT2D eigenvalue weighted by molar-refractivity contribution is 0.601. The number of benzene rings is 2. The summed E-state index contributed by atoms with van der Waals surface area (Å²) in [6, 6.07) is 18.4. The van der Waals surface area contributed by atoms with Crippen molar-refractivity contribution >= 4 is 38.8 Å². The van der Waals surface area contributed by atoms with Crippen LogP contribution < -0.4 is 10.0 Å². The summed E-state index contributed by atoms with van der Waals surface area (Å²) in [5.74, 6) is 0.168. The number of anilines is 3. The highest BCUT2D eigenvalue weighted by Crippen LogP contribution is 2.23. The summed E-state index contributed by atoms with van der Waals surface area (Å²) >= 11 is 5.94. The number of nitrogens with zero attached hydrogens (tertiary/aromatic N) is 2. The predicted molar refractivity (Wildman–Crippen MR) is 101 cm³/mol. The largest absolute Gasteiger partial charge is 0.354 e. The minimum Gasteiger partial charge on any atom is -0.354 e. The highest BCUT2D eigenvalue weighted by molar-refractivity contribution is 7.92. The van der Waals surface area contributed by atoms with Crippen LogP contribution in [-0.4, -0.2) is 13.4 Å². The van der Waals surface area contributed by atoms with Crippen LogP contribution in [-0.2, 0) is 10.0 Å². The van der Waals surface area contributed by atoms with Crippen LogP contribution in [0.4, 0.5) is 17.2 Å². The Kier molecular flexibility index (Phi) is 5.07. The summed E-state index contributed by atoms with van der Waals surface area (Å²) in [7, 11) is -3.83. The van der Waals surface area contributed by atoms with Crippen molar-refractivity contribution in [2.75, 3.05) is 10.0 Å². The molecule has 6 nitrogen and oxygen atoms in total. The monoisotopic (exact) mass is 384 g/mol. The molecule has 1 heterocycles. The average molecular weight is 385 g/mol. The lowest BCUT2D eigenvalue weighted by atomic mass is 10.2. The Balaban J connectivity index is 1.76. The molecule has 3 rings (SSSR count). The van der Waals surface area contributed by atoms with Gasteiger partial charge in [0.2, 0.25) is 0 Å². The van der Waals surface area contributed by atoms with Gasteiger partial charge in [-0.25, -0.2) is 13.4 Å². The van der Waals surface area contributed by atoms with Crippen molar-refractivity contribution in [1.82, 2.24) is 4.98 Å². The van der Waals surface area contributed by atoms with Crippen LogP contribution in [0.2, 0.25) is 5.02 Å². The SMILES string of the molecule is N#Cc1cccc(Nc2ccc(NS(=O)(=O)c3ccccc3Cl)nc2)c1. The molecule has 0 amide bonds. The molecule has 0 unspecified atom stereocenters. The fourth-order valence-corrected chi connectivity index (χ4v) is 3.75. The highest BCUT2D eigenvalue weighted by Gasteiger charge is 2.17. The summed E-state index contributed by atoms with van der Waals surface area (Å²) in [6.45, 7) is 0. The Morgan fingerprint density at radius 3 is 2.50 bits per heavy atom. The molecular formula is C18H13ClN4O2S. The molecule has 1 aromatic heterocycles. The van der Waals surface area contributed by atoms with Gasteiger partial charge in [-0.05, 0) is 42.5 Å². The molecule has 0 aliphatic carbocycles. The zero-order valence-corrected chi connectivity index (χ0v) is 14.9. The van der Waals surface area contributed by atoms with Crippen LogP contribution in [0, 0.1) is 11.3 Å². The Morgan fingerprint density at radius 2 is 1.81 bits per heavy atom. The van der Waals surface area contributed by atoms with E-state index in [1.807, 2.05) is 6.07 Å². The predicted octanol–water partition coefficient (Wildman–Crippen LogP) is 4.15. The van der Waals surface area contributed by atoms with Crippen LogP contribution in [0.1, 0.15) is 5.56 Å². The quantitative estimate of drug-likeness (QED) is 0.689. The van der Waals surface area contributed by atoms with Gasteiger partial charge < -0.3 is 5.32 Å². The third-order valence-electron chi connectivity index (χ3n) is 3.41. The first-order valence-electron chi connectivity index (χ1n) is 7.48. The first-order chi connectivity index (χ1) is 12.5. The van der Waals surface area contributed by atoms with Gasteiger partial charge >= 0.3 is 0 Å². The maximum absolute atomic E-state index is 12.4. The second-order valence-corrected chi connectivity index (χ2v) is 7.34. The number of rotatable bonds is 5. The molecule has 0 saturated carbocycles. The average Bonchev–Trinajstić information content (AvgIpc) is 2.63. The van der Waals surface area contributed by atoms with E-state index in [2.05, 4.69) is 21.1 Å². The van der Waals surface area contributed by atoms with E-state index in [-0.39, 0.29) is 15.7 Å². The van der Waals surface area contributed by atoms with Gasteiger partial charge in [-0.2, -0.15) is 5.26 Å². The van der Waals surface area contributed by atoms with Crippen molar-refractivity contribution < 1.29 is 8.42 Å². The van der Waals surface area contributed by atoms with E-state index < -0.39 is 10.0 Å². The van der Waals surface area contributed by atoms with Gasteiger partial charge in [-0.15, -0.1) is 0 Å². The minimum absolute atomic E-state index is 0.0148. The lowest BCUT2D eigenvalue weighted by Gasteiger charge is -2.10. The number of nitriles is 1. The minimum atomic E-state index is -3.83. The van der Waals surface area contributed by atoms with E-state index in [0.29, 0.717) is 11.3 Å². The molecule has 0 aliphatic heterocycles. The standard InChI is InChI=1S/C18H13ClN4O2S/c19-16-6-1-2-7-17(16)26(24,25)23-18-9-8-15(12-21-18)22-14-5-3-4-13(10-14)11-20/h1-10,12,22H,(H,21,23). The summed E-state index contributed by atoms with van der Waals surface area (Å²) in [5.41, 5.74) is 1.92. The molecule has 130 valence electrons. The molecule has 0 radical (unpaired) electrons. The molecule has 26 heavy (non-hydrogen) atoms. The second-order valence-electron chi connectivity index (χ2n) is 5.29. The van der Waals surface area contributed by atoms with Gasteiger partial charge in [0.15, 0.2) is 0 Å². The normalized spacial score (nSPS) is 10.8. The molecule has 0 saturated heterocycles.